The number of aliphatic hydroxyl groups is 1. The molecule has 0 aliphatic carbocycles. The van der Waals surface area contributed by atoms with Crippen molar-refractivity contribution in [2.45, 2.75) is 56.9 Å². The van der Waals surface area contributed by atoms with Gasteiger partial charge in [-0.25, -0.2) is 0 Å². The molecule has 8 nitrogen and oxygen atoms in total. The van der Waals surface area contributed by atoms with Crippen molar-refractivity contribution in [1.82, 2.24) is 9.80 Å². The van der Waals surface area contributed by atoms with E-state index in [4.69, 9.17) is 16.3 Å². The van der Waals surface area contributed by atoms with Crippen LogP contribution >= 0.6 is 11.6 Å². The van der Waals surface area contributed by atoms with E-state index in [1.54, 1.807) is 48.4 Å². The minimum absolute atomic E-state index is 0.145. The summed E-state index contributed by atoms with van der Waals surface area (Å²) in [6, 6.07) is 5.34. The third-order valence-corrected chi connectivity index (χ3v) is 8.85. The van der Waals surface area contributed by atoms with Gasteiger partial charge in [0.05, 0.1) is 40.8 Å². The number of amides is 3. The highest BCUT2D eigenvalue weighted by Crippen LogP contribution is 2.64. The number of carbonyl (C=O) groups excluding carboxylic acids is 3. The number of halogens is 1. The summed E-state index contributed by atoms with van der Waals surface area (Å²) in [6.07, 6.45) is 4.22. The van der Waals surface area contributed by atoms with E-state index in [0.717, 1.165) is 0 Å². The number of ether oxygens (including phenoxy) is 1. The molecule has 2 bridgehead atoms. The average molecular weight is 544 g/mol. The monoisotopic (exact) mass is 543 g/mol. The van der Waals surface area contributed by atoms with Gasteiger partial charge in [0.2, 0.25) is 11.8 Å². The predicted octanol–water partition coefficient (Wildman–Crippen LogP) is 3.29. The van der Waals surface area contributed by atoms with Crippen LogP contribution in [0.2, 0.25) is 5.02 Å². The van der Waals surface area contributed by atoms with Gasteiger partial charge in [-0.15, -0.1) is 13.2 Å². The molecule has 1 aromatic carbocycles. The first-order valence-electron chi connectivity index (χ1n) is 13.1. The number of likely N-dealkylation sites (N-methyl/N-ethyl adjacent to an activating group) is 1. The van der Waals surface area contributed by atoms with Gasteiger partial charge < -0.3 is 24.5 Å². The SMILES string of the molecule is C=CCN(C)C(=O)[C@H]1[C@H]2C(=O)N([C@@H](CO)C(C)C)C(C(=O)N(CC=C)c3ccccc3Cl)C23CC[C@]1(C)O3. The van der Waals surface area contributed by atoms with Crippen molar-refractivity contribution in [3.05, 3.63) is 54.6 Å². The van der Waals surface area contributed by atoms with Crippen LogP contribution in [-0.4, -0.2) is 82.7 Å². The number of rotatable bonds is 10. The fourth-order valence-electron chi connectivity index (χ4n) is 6.77. The van der Waals surface area contributed by atoms with Crippen LogP contribution in [0.1, 0.15) is 33.6 Å². The van der Waals surface area contributed by atoms with Crippen LogP contribution in [0.4, 0.5) is 5.69 Å². The van der Waals surface area contributed by atoms with Crippen molar-refractivity contribution in [3.63, 3.8) is 0 Å². The van der Waals surface area contributed by atoms with E-state index in [1.807, 2.05) is 20.8 Å². The number of fused-ring (bicyclic) bond motifs is 1. The summed E-state index contributed by atoms with van der Waals surface area (Å²) in [5.74, 6) is -2.66. The van der Waals surface area contributed by atoms with Gasteiger partial charge in [0.1, 0.15) is 11.6 Å². The number of para-hydroxylation sites is 1. The molecule has 3 fully saturated rings. The molecule has 1 spiro atoms. The highest BCUT2D eigenvalue weighted by molar-refractivity contribution is 6.34. The Bertz CT molecular complexity index is 1140. The summed E-state index contributed by atoms with van der Waals surface area (Å²) in [7, 11) is 1.68. The van der Waals surface area contributed by atoms with Gasteiger partial charge in [-0.2, -0.15) is 0 Å². The lowest BCUT2D eigenvalue weighted by molar-refractivity contribution is -0.152. The van der Waals surface area contributed by atoms with E-state index in [1.165, 1.54) is 9.80 Å². The maximum absolute atomic E-state index is 14.6. The fourth-order valence-corrected chi connectivity index (χ4v) is 7.01. The Labute approximate surface area is 229 Å². The quantitative estimate of drug-likeness (QED) is 0.457. The Morgan fingerprint density at radius 1 is 1.21 bits per heavy atom. The van der Waals surface area contributed by atoms with Crippen LogP contribution in [0.15, 0.2) is 49.6 Å². The van der Waals surface area contributed by atoms with Crippen LogP contribution < -0.4 is 4.90 Å². The Balaban J connectivity index is 1.88. The van der Waals surface area contributed by atoms with Gasteiger partial charge in [0.15, 0.2) is 0 Å². The largest absolute Gasteiger partial charge is 0.394 e. The Morgan fingerprint density at radius 3 is 2.45 bits per heavy atom. The molecule has 9 heteroatoms. The number of nitrogens with zero attached hydrogens (tertiary/aromatic N) is 3. The highest BCUT2D eigenvalue weighted by atomic mass is 35.5. The predicted molar refractivity (Wildman–Crippen MR) is 147 cm³/mol. The number of carbonyl (C=O) groups is 3. The zero-order chi connectivity index (χ0) is 28.0. The zero-order valence-electron chi connectivity index (χ0n) is 22.6. The van der Waals surface area contributed by atoms with E-state index in [-0.39, 0.29) is 36.8 Å². The second-order valence-electron chi connectivity index (χ2n) is 11.2. The number of anilines is 1. The van der Waals surface area contributed by atoms with Crippen molar-refractivity contribution in [3.8, 4) is 0 Å². The van der Waals surface area contributed by atoms with Crippen molar-refractivity contribution in [2.24, 2.45) is 17.8 Å². The molecule has 3 saturated heterocycles. The molecule has 4 rings (SSSR count). The van der Waals surface area contributed by atoms with Gasteiger partial charge in [0, 0.05) is 20.1 Å². The lowest BCUT2D eigenvalue weighted by Gasteiger charge is -2.40. The van der Waals surface area contributed by atoms with E-state index in [9.17, 15) is 19.5 Å². The van der Waals surface area contributed by atoms with Gasteiger partial charge in [-0.1, -0.05) is 49.7 Å². The lowest BCUT2D eigenvalue weighted by atomic mass is 9.66. The summed E-state index contributed by atoms with van der Waals surface area (Å²) in [5.41, 5.74) is -1.60. The number of benzene rings is 1. The van der Waals surface area contributed by atoms with Gasteiger partial charge in [-0.05, 0) is 37.8 Å². The topological polar surface area (TPSA) is 90.4 Å². The second kappa shape index (κ2) is 10.5. The van der Waals surface area contributed by atoms with Crippen LogP contribution in [0.25, 0.3) is 0 Å². The maximum Gasteiger partial charge on any atom is 0.253 e. The van der Waals surface area contributed by atoms with Gasteiger partial charge in [0.25, 0.3) is 5.91 Å². The molecule has 6 atom stereocenters. The van der Waals surface area contributed by atoms with Crippen LogP contribution in [-0.2, 0) is 19.1 Å². The minimum Gasteiger partial charge on any atom is -0.394 e. The third-order valence-electron chi connectivity index (χ3n) is 8.53. The van der Waals surface area contributed by atoms with Crippen molar-refractivity contribution >= 4 is 35.0 Å². The van der Waals surface area contributed by atoms with Crippen molar-refractivity contribution in [2.75, 3.05) is 31.6 Å². The molecular weight excluding hydrogens is 506 g/mol. The molecule has 0 aromatic heterocycles. The van der Waals surface area contributed by atoms with Crippen LogP contribution in [0.5, 0.6) is 0 Å². The first kappa shape index (κ1) is 28.3. The second-order valence-corrected chi connectivity index (χ2v) is 11.6. The number of hydrogen-bond donors (Lipinski definition) is 1. The number of aliphatic hydroxyl groups excluding tert-OH is 1. The summed E-state index contributed by atoms with van der Waals surface area (Å²) >= 11 is 6.51. The molecule has 38 heavy (non-hydrogen) atoms. The van der Waals surface area contributed by atoms with E-state index >= 15 is 0 Å². The molecule has 0 radical (unpaired) electrons. The third kappa shape index (κ3) is 4.17. The van der Waals surface area contributed by atoms with Crippen molar-refractivity contribution in [1.29, 1.82) is 0 Å². The summed E-state index contributed by atoms with van der Waals surface area (Å²) in [6.45, 7) is 13.4. The van der Waals surface area contributed by atoms with E-state index in [0.29, 0.717) is 30.1 Å². The van der Waals surface area contributed by atoms with Crippen molar-refractivity contribution < 1.29 is 24.2 Å². The minimum atomic E-state index is -1.21. The zero-order valence-corrected chi connectivity index (χ0v) is 23.4. The molecule has 3 aliphatic heterocycles. The first-order chi connectivity index (χ1) is 18.0. The van der Waals surface area contributed by atoms with Crippen LogP contribution in [0, 0.1) is 17.8 Å². The van der Waals surface area contributed by atoms with Gasteiger partial charge in [-0.3, -0.25) is 14.4 Å². The number of likely N-dealkylation sites (tertiary alicyclic amines) is 1. The smallest absolute Gasteiger partial charge is 0.253 e. The Hall–Kier alpha value is -2.68. The Morgan fingerprint density at radius 2 is 1.87 bits per heavy atom. The molecule has 2 unspecified atom stereocenters. The molecule has 3 amide bonds. The molecule has 1 aromatic rings. The standard InChI is InChI=1S/C29H38ClN3O5/c1-7-15-31(6)25(35)22-23-26(36)33(21(17-34)18(3)4)24(29(23)14-13-28(22,5)38-29)27(37)32(16-8-2)20-12-10-9-11-19(20)30/h7-12,18,21-24,34H,1-2,13-17H2,3-6H3/t21-,22+,23-,24?,28-,29?/m0/s1. The molecular formula is C29H38ClN3O5. The summed E-state index contributed by atoms with van der Waals surface area (Å²) < 4.78 is 6.71. The fraction of sp³-hybridized carbons (Fsp3) is 0.552. The molecule has 1 N–H and O–H groups in total. The lowest BCUT2D eigenvalue weighted by Crippen LogP contribution is -2.60. The first-order valence-corrected chi connectivity index (χ1v) is 13.5. The van der Waals surface area contributed by atoms with Gasteiger partial charge >= 0.3 is 0 Å². The Kier molecular flexibility index (Phi) is 7.81. The number of hydrogen-bond acceptors (Lipinski definition) is 5. The van der Waals surface area contributed by atoms with Crippen LogP contribution in [0.3, 0.4) is 0 Å². The summed E-state index contributed by atoms with van der Waals surface area (Å²) in [5, 5.41) is 10.8. The molecule has 3 heterocycles. The average Bonchev–Trinajstić information content (AvgIpc) is 3.44. The summed E-state index contributed by atoms with van der Waals surface area (Å²) in [4.78, 5) is 47.2. The molecule has 206 valence electrons. The van der Waals surface area contributed by atoms with E-state index in [2.05, 4.69) is 13.2 Å². The van der Waals surface area contributed by atoms with E-state index < -0.39 is 35.1 Å². The molecule has 3 aliphatic rings. The normalized spacial score (nSPS) is 30.3. The molecule has 0 saturated carbocycles. The maximum atomic E-state index is 14.6. The highest BCUT2D eigenvalue weighted by Gasteiger charge is 2.79.